The van der Waals surface area contributed by atoms with Crippen LogP contribution in [0.4, 0.5) is 0 Å². The molecule has 0 amide bonds. The number of hydrogen-bond donors (Lipinski definition) is 1. The van der Waals surface area contributed by atoms with Crippen LogP contribution in [0.5, 0.6) is 11.5 Å². The van der Waals surface area contributed by atoms with Gasteiger partial charge in [0.25, 0.3) is 0 Å². The van der Waals surface area contributed by atoms with Gasteiger partial charge in [0, 0.05) is 30.9 Å². The summed E-state index contributed by atoms with van der Waals surface area (Å²) in [5.41, 5.74) is 3.42. The van der Waals surface area contributed by atoms with Gasteiger partial charge in [0.2, 0.25) is 0 Å². The van der Waals surface area contributed by atoms with Crippen LogP contribution in [-0.4, -0.2) is 48.8 Å². The van der Waals surface area contributed by atoms with Crippen molar-refractivity contribution in [2.75, 3.05) is 34.0 Å². The number of ether oxygens (including phenoxy) is 3. The van der Waals surface area contributed by atoms with Crippen molar-refractivity contribution in [3.63, 3.8) is 0 Å². The molecule has 1 atom stereocenters. The minimum Gasteiger partial charge on any atom is -0.493 e. The molecule has 1 N–H and O–H groups in total. The Morgan fingerprint density at radius 3 is 2.89 bits per heavy atom. The molecule has 0 saturated carbocycles. The van der Waals surface area contributed by atoms with E-state index < -0.39 is 0 Å². The number of aromatic amines is 1. The maximum Gasteiger partial charge on any atom is 0.161 e. The smallest absolute Gasteiger partial charge is 0.161 e. The highest BCUT2D eigenvalue weighted by Gasteiger charge is 2.27. The molecule has 1 fully saturated rings. The van der Waals surface area contributed by atoms with E-state index in [4.69, 9.17) is 14.2 Å². The number of rotatable bonds is 8. The first-order valence-corrected chi connectivity index (χ1v) is 9.75. The Morgan fingerprint density at radius 2 is 2.07 bits per heavy atom. The van der Waals surface area contributed by atoms with Crippen LogP contribution in [0.15, 0.2) is 42.6 Å². The second-order valence-electron chi connectivity index (χ2n) is 7.12. The van der Waals surface area contributed by atoms with Crippen LogP contribution in [0.3, 0.4) is 0 Å². The summed E-state index contributed by atoms with van der Waals surface area (Å²) in [7, 11) is 3.34. The van der Waals surface area contributed by atoms with Crippen molar-refractivity contribution in [2.45, 2.75) is 25.4 Å². The van der Waals surface area contributed by atoms with E-state index >= 15 is 0 Å². The molecule has 6 nitrogen and oxygen atoms in total. The van der Waals surface area contributed by atoms with Crippen molar-refractivity contribution in [3.05, 3.63) is 53.9 Å². The molecule has 6 heteroatoms. The molecule has 1 aliphatic rings. The number of nitrogens with zero attached hydrogens (tertiary/aromatic N) is 2. The number of pyridine rings is 1. The monoisotopic (exact) mass is 381 g/mol. The molecule has 0 radical (unpaired) electrons. The predicted octanol–water partition coefficient (Wildman–Crippen LogP) is 3.93. The normalized spacial score (nSPS) is 17.3. The molecule has 4 rings (SSSR count). The SMILES string of the molecule is COCCOc1cc(CN2CCC[C@@H]2c2cc3cccnc3[nH]2)ccc1OC. The highest BCUT2D eigenvalue weighted by atomic mass is 16.5. The average Bonchev–Trinajstić information content (AvgIpc) is 3.34. The Bertz CT molecular complexity index is 891. The summed E-state index contributed by atoms with van der Waals surface area (Å²) in [5, 5.41) is 1.17. The molecule has 3 aromatic rings. The molecule has 0 spiro atoms. The minimum absolute atomic E-state index is 0.383. The number of aromatic nitrogens is 2. The lowest BCUT2D eigenvalue weighted by Gasteiger charge is -2.24. The molecular weight excluding hydrogens is 354 g/mol. The number of hydrogen-bond acceptors (Lipinski definition) is 5. The number of fused-ring (bicyclic) bond motifs is 1. The molecule has 28 heavy (non-hydrogen) atoms. The molecule has 3 heterocycles. The van der Waals surface area contributed by atoms with E-state index in [2.05, 4.69) is 39.1 Å². The van der Waals surface area contributed by atoms with Crippen LogP contribution in [0.25, 0.3) is 11.0 Å². The molecule has 1 aliphatic heterocycles. The third kappa shape index (κ3) is 3.98. The van der Waals surface area contributed by atoms with E-state index in [1.165, 1.54) is 23.1 Å². The highest BCUT2D eigenvalue weighted by Crippen LogP contribution is 2.35. The van der Waals surface area contributed by atoms with Gasteiger partial charge in [0.15, 0.2) is 11.5 Å². The van der Waals surface area contributed by atoms with Crippen LogP contribution in [0.2, 0.25) is 0 Å². The van der Waals surface area contributed by atoms with Crippen LogP contribution in [0.1, 0.15) is 30.1 Å². The maximum atomic E-state index is 5.84. The second-order valence-corrected chi connectivity index (χ2v) is 7.12. The van der Waals surface area contributed by atoms with Crippen molar-refractivity contribution in [3.8, 4) is 11.5 Å². The lowest BCUT2D eigenvalue weighted by Crippen LogP contribution is -2.23. The third-order valence-corrected chi connectivity index (χ3v) is 5.29. The van der Waals surface area contributed by atoms with Crippen molar-refractivity contribution in [1.29, 1.82) is 0 Å². The Hall–Kier alpha value is -2.57. The first kappa shape index (κ1) is 18.8. The summed E-state index contributed by atoms with van der Waals surface area (Å²) in [6.07, 6.45) is 4.18. The zero-order chi connectivity index (χ0) is 19.3. The van der Waals surface area contributed by atoms with Crippen LogP contribution in [0, 0.1) is 0 Å². The molecule has 0 unspecified atom stereocenters. The van der Waals surface area contributed by atoms with Gasteiger partial charge in [0.05, 0.1) is 19.8 Å². The van der Waals surface area contributed by atoms with Gasteiger partial charge in [-0.25, -0.2) is 4.98 Å². The Balaban J connectivity index is 1.51. The molecule has 2 aromatic heterocycles. The lowest BCUT2D eigenvalue weighted by molar-refractivity contribution is 0.144. The van der Waals surface area contributed by atoms with Crippen LogP contribution >= 0.6 is 0 Å². The topological polar surface area (TPSA) is 59.6 Å². The fourth-order valence-corrected chi connectivity index (χ4v) is 3.93. The lowest BCUT2D eigenvalue weighted by atomic mass is 10.1. The minimum atomic E-state index is 0.383. The molecule has 1 saturated heterocycles. The van der Waals surface area contributed by atoms with Gasteiger partial charge < -0.3 is 19.2 Å². The Kier molecular flexibility index (Phi) is 5.78. The summed E-state index contributed by atoms with van der Waals surface area (Å²) in [6, 6.07) is 12.9. The molecule has 148 valence electrons. The van der Waals surface area contributed by atoms with Gasteiger partial charge in [-0.15, -0.1) is 0 Å². The molecule has 0 aliphatic carbocycles. The first-order valence-electron chi connectivity index (χ1n) is 9.75. The van der Waals surface area contributed by atoms with E-state index in [9.17, 15) is 0 Å². The highest BCUT2D eigenvalue weighted by molar-refractivity contribution is 5.76. The zero-order valence-corrected chi connectivity index (χ0v) is 16.5. The van der Waals surface area contributed by atoms with Crippen molar-refractivity contribution >= 4 is 11.0 Å². The summed E-state index contributed by atoms with van der Waals surface area (Å²) >= 11 is 0. The van der Waals surface area contributed by atoms with Crippen LogP contribution < -0.4 is 9.47 Å². The van der Waals surface area contributed by atoms with Crippen LogP contribution in [-0.2, 0) is 11.3 Å². The van der Waals surface area contributed by atoms with E-state index in [1.54, 1.807) is 14.2 Å². The average molecular weight is 381 g/mol. The van der Waals surface area contributed by atoms with E-state index in [0.717, 1.165) is 36.7 Å². The number of benzene rings is 1. The van der Waals surface area contributed by atoms with Crippen molar-refractivity contribution in [1.82, 2.24) is 14.9 Å². The largest absolute Gasteiger partial charge is 0.493 e. The van der Waals surface area contributed by atoms with Gasteiger partial charge in [-0.3, -0.25) is 4.90 Å². The summed E-state index contributed by atoms with van der Waals surface area (Å²) in [6.45, 7) is 3.01. The van der Waals surface area contributed by atoms with E-state index in [-0.39, 0.29) is 0 Å². The fraction of sp³-hybridized carbons (Fsp3) is 0.409. The van der Waals surface area contributed by atoms with Gasteiger partial charge in [-0.05, 0) is 55.3 Å². The third-order valence-electron chi connectivity index (χ3n) is 5.29. The van der Waals surface area contributed by atoms with Gasteiger partial charge in [-0.1, -0.05) is 6.07 Å². The summed E-state index contributed by atoms with van der Waals surface area (Å²) < 4.78 is 16.4. The van der Waals surface area contributed by atoms with E-state index in [0.29, 0.717) is 19.3 Å². The Morgan fingerprint density at radius 1 is 1.14 bits per heavy atom. The summed E-state index contributed by atoms with van der Waals surface area (Å²) in [5.74, 6) is 1.52. The summed E-state index contributed by atoms with van der Waals surface area (Å²) in [4.78, 5) is 10.5. The molecule has 1 aromatic carbocycles. The number of H-pyrrole nitrogens is 1. The number of nitrogens with one attached hydrogen (secondary N) is 1. The quantitative estimate of drug-likeness (QED) is 0.599. The molecular formula is C22H27N3O3. The standard InChI is InChI=1S/C22H27N3O3/c1-26-11-12-28-21-13-16(7-8-20(21)27-2)15-25-10-4-6-19(25)18-14-17-5-3-9-23-22(17)24-18/h3,5,7-9,13-14,19H,4,6,10-12,15H2,1-2H3,(H,23,24)/t19-/m1/s1. The number of likely N-dealkylation sites (tertiary alicyclic amines) is 1. The van der Waals surface area contributed by atoms with Gasteiger partial charge in [0.1, 0.15) is 12.3 Å². The van der Waals surface area contributed by atoms with Crippen molar-refractivity contribution < 1.29 is 14.2 Å². The maximum absolute atomic E-state index is 5.84. The van der Waals surface area contributed by atoms with Gasteiger partial charge in [-0.2, -0.15) is 0 Å². The van der Waals surface area contributed by atoms with Crippen molar-refractivity contribution in [2.24, 2.45) is 0 Å². The molecule has 0 bridgehead atoms. The van der Waals surface area contributed by atoms with Gasteiger partial charge >= 0.3 is 0 Å². The van der Waals surface area contributed by atoms with E-state index in [1.807, 2.05) is 18.3 Å². The predicted molar refractivity (Wildman–Crippen MR) is 109 cm³/mol. The first-order chi connectivity index (χ1) is 13.8. The fourth-order valence-electron chi connectivity index (χ4n) is 3.93. The number of methoxy groups -OCH3 is 2. The zero-order valence-electron chi connectivity index (χ0n) is 16.5. The Labute approximate surface area is 165 Å². The second kappa shape index (κ2) is 8.63.